The van der Waals surface area contributed by atoms with Crippen LogP contribution in [0.15, 0.2) is 41.4 Å². The fourth-order valence-corrected chi connectivity index (χ4v) is 8.85. The van der Waals surface area contributed by atoms with Gasteiger partial charge in [0.15, 0.2) is 0 Å². The molecule has 3 heterocycles. The molecule has 1 aliphatic carbocycles. The van der Waals surface area contributed by atoms with E-state index >= 15 is 4.39 Å². The van der Waals surface area contributed by atoms with Crippen molar-refractivity contribution in [2.24, 2.45) is 0 Å². The van der Waals surface area contributed by atoms with Crippen molar-refractivity contribution in [1.82, 2.24) is 41.0 Å². The summed E-state index contributed by atoms with van der Waals surface area (Å²) in [6.45, 7) is 6.35. The van der Waals surface area contributed by atoms with Gasteiger partial charge in [0.1, 0.15) is 18.4 Å². The molecule has 0 saturated heterocycles. The van der Waals surface area contributed by atoms with Crippen LogP contribution in [0.4, 0.5) is 4.39 Å². The van der Waals surface area contributed by atoms with Crippen LogP contribution < -0.4 is 32.1 Å². The van der Waals surface area contributed by atoms with Crippen LogP contribution in [0.5, 0.6) is 0 Å². The summed E-state index contributed by atoms with van der Waals surface area (Å²) < 4.78 is 28.6. The second kappa shape index (κ2) is 22.8. The van der Waals surface area contributed by atoms with Crippen molar-refractivity contribution in [2.75, 3.05) is 47.1 Å². The van der Waals surface area contributed by atoms with Crippen LogP contribution in [0.2, 0.25) is 3.98 Å². The van der Waals surface area contributed by atoms with E-state index in [0.29, 0.717) is 75.2 Å². The molecule has 1 aromatic carbocycles. The molecular formula is C44H52FN8O10Pb. The summed E-state index contributed by atoms with van der Waals surface area (Å²) in [6, 6.07) is 2.41. The molecule has 0 bridgehead atoms. The number of halogens is 1. The molecule has 5 N–H and O–H groups in total. The maximum atomic E-state index is 15.3. The van der Waals surface area contributed by atoms with Crippen LogP contribution in [-0.2, 0) is 62.6 Å². The fourth-order valence-electron chi connectivity index (χ4n) is 7.89. The molecule has 0 fully saturated rings. The van der Waals surface area contributed by atoms with E-state index < -0.39 is 53.9 Å². The van der Waals surface area contributed by atoms with Crippen LogP contribution in [0.1, 0.15) is 71.5 Å². The molecule has 64 heavy (non-hydrogen) atoms. The molecule has 3 radical (unpaired) electrons. The minimum absolute atomic E-state index is 0.0214. The van der Waals surface area contributed by atoms with Crippen molar-refractivity contribution >= 4 is 78.8 Å². The zero-order chi connectivity index (χ0) is 46.7. The molecule has 20 heteroatoms. The number of fused-ring (bicyclic) bond motifs is 4. The minimum Gasteiger partial charge on any atom is -0.380 e. The number of methoxy groups -OCH3 is 1. The normalized spacial score (nSPS) is 14.5. The molecule has 1 aliphatic heterocycles. The predicted molar refractivity (Wildman–Crippen MR) is 233 cm³/mol. The number of nitrogens with one attached hydrogen (secondary N) is 5. The van der Waals surface area contributed by atoms with Crippen LogP contribution in [0, 0.1) is 12.7 Å². The van der Waals surface area contributed by atoms with E-state index in [1.807, 2.05) is 13.0 Å². The molecule has 339 valence electrons. The Bertz CT molecular complexity index is 2440. The summed E-state index contributed by atoms with van der Waals surface area (Å²) >= 11 is 0.751. The van der Waals surface area contributed by atoms with Gasteiger partial charge in [0, 0.05) is 48.7 Å². The number of carbonyl (C=O) groups is 7. The first-order chi connectivity index (χ1) is 30.6. The maximum absolute atomic E-state index is 15.3. The van der Waals surface area contributed by atoms with E-state index in [1.165, 1.54) is 20.2 Å². The van der Waals surface area contributed by atoms with Crippen LogP contribution in [0.3, 0.4) is 0 Å². The number of hydrogen-bond donors (Lipinski definition) is 5. The van der Waals surface area contributed by atoms with Gasteiger partial charge in [-0.1, -0.05) is 6.92 Å². The van der Waals surface area contributed by atoms with Crippen LogP contribution in [0.25, 0.3) is 22.3 Å². The monoisotopic (exact) mass is 1080 g/mol. The number of carbonyl (C=O) groups excluding carboxylic acids is 7. The zero-order valence-corrected chi connectivity index (χ0v) is 40.1. The first-order valence-corrected chi connectivity index (χ1v) is 23.4. The number of likely N-dealkylation sites (N-methyl/N-ethyl adjacent to an activating group) is 1. The molecule has 0 spiro atoms. The first kappa shape index (κ1) is 49.3. The van der Waals surface area contributed by atoms with Gasteiger partial charge < -0.3 is 14.1 Å². The summed E-state index contributed by atoms with van der Waals surface area (Å²) in [4.78, 5) is 105. The third-order valence-corrected chi connectivity index (χ3v) is 13.0. The van der Waals surface area contributed by atoms with E-state index in [4.69, 9.17) is 14.5 Å². The average molecular weight is 1080 g/mol. The quantitative estimate of drug-likeness (QED) is 0.0228. The van der Waals surface area contributed by atoms with Crippen molar-refractivity contribution in [3.8, 4) is 11.4 Å². The van der Waals surface area contributed by atoms with Crippen molar-refractivity contribution in [1.29, 1.82) is 0 Å². The van der Waals surface area contributed by atoms with E-state index in [1.54, 1.807) is 11.5 Å². The Kier molecular flexibility index (Phi) is 17.6. The summed E-state index contributed by atoms with van der Waals surface area (Å²) in [5.41, 5.74) is 5.45. The summed E-state index contributed by atoms with van der Waals surface area (Å²) in [6.07, 6.45) is 5.04. The van der Waals surface area contributed by atoms with Crippen LogP contribution >= 0.6 is 0 Å². The molecule has 3 aromatic rings. The van der Waals surface area contributed by atoms with Crippen LogP contribution in [-0.4, -0.2) is 135 Å². The summed E-state index contributed by atoms with van der Waals surface area (Å²) in [5.74, 6) is -3.55. The van der Waals surface area contributed by atoms with E-state index in [9.17, 15) is 38.4 Å². The Labute approximate surface area is 384 Å². The molecule has 5 rings (SSSR count). The first-order valence-electron chi connectivity index (χ1n) is 20.6. The third-order valence-electron chi connectivity index (χ3n) is 11.1. The molecule has 0 saturated carbocycles. The molecule has 5 amide bonds. The number of aldehydes is 2. The van der Waals surface area contributed by atoms with E-state index in [-0.39, 0.29) is 51.2 Å². The number of allylic oxidation sites excluding steroid dienone is 1. The van der Waals surface area contributed by atoms with Gasteiger partial charge in [0.2, 0.25) is 5.91 Å². The fraction of sp³-hybridized carbons (Fsp3) is 0.432. The number of hydrogen-bond acceptors (Lipinski definition) is 12. The standard InChI is InChI=1S/C44H52FN8O10.Pb/c1-7-27(20-55)29-14-35-43-30(18-53(35)44(61)31(29)21-62-6)42-33(11-10-28-26(4)32(45)15-34(51-43)41(28)42)50-39(59)22-63-23-48-24(2)13-25(3)49-37(57)17-46-36(56)16-47-38(58)19-52(5)40(60)9-8-12-54;/h8-9,12,14-15,20,25,27,33,48H,2-3,7,10-11,13,16-19,21-23H2,1,4-6H3,(H,46,56)(H,47,58)(H,49,57)(H,50,59);/b9-8-;. The number of rotatable bonds is 23. The average Bonchev–Trinajstić information content (AvgIpc) is 3.64. The van der Waals surface area contributed by atoms with Gasteiger partial charge in [-0.3, -0.25) is 14.4 Å². The number of amides is 5. The predicted octanol–water partition coefficient (Wildman–Crippen LogP) is 0.800. The van der Waals surface area contributed by atoms with Gasteiger partial charge in [0.05, 0.1) is 30.1 Å². The number of aromatic nitrogens is 2. The molecule has 2 aromatic heterocycles. The number of benzene rings is 1. The molecule has 3 atom stereocenters. The smallest absolute Gasteiger partial charge is 0.380 e. The van der Waals surface area contributed by atoms with E-state index in [0.717, 1.165) is 71.2 Å². The number of aryl methyl sites for hydroxylation is 1. The summed E-state index contributed by atoms with van der Waals surface area (Å²) in [7, 11) is 2.85. The van der Waals surface area contributed by atoms with Crippen molar-refractivity contribution < 1.29 is 47.4 Å². The van der Waals surface area contributed by atoms with Gasteiger partial charge >= 0.3 is 185 Å². The molecule has 18 nitrogen and oxygen atoms in total. The SMILES string of the molecule is C=C(CC([CH2][Pb])NC(=O)CNC(=O)CNC(=O)CN(C)C(=O)/C=C\C=O)NCOCC(=O)NC1CCc2c(C)c(F)cc3nc4c(c1c23)Cn1c-4cc(C(C=O)CC)c(COC)c1=O. The Hall–Kier alpha value is -5.68. The Morgan fingerprint density at radius 3 is 2.50 bits per heavy atom. The van der Waals surface area contributed by atoms with Gasteiger partial charge in [-0.15, -0.1) is 0 Å². The van der Waals surface area contributed by atoms with Gasteiger partial charge in [0.25, 0.3) is 5.56 Å². The number of ether oxygens (including phenoxy) is 2. The topological polar surface area (TPSA) is 236 Å². The molecule has 2 aliphatic rings. The minimum atomic E-state index is -0.611. The van der Waals surface area contributed by atoms with Crippen molar-refractivity contribution in [3.05, 3.63) is 86.1 Å². The number of pyridine rings is 2. The van der Waals surface area contributed by atoms with Gasteiger partial charge in [-0.25, -0.2) is 9.37 Å². The Morgan fingerprint density at radius 1 is 1.08 bits per heavy atom. The second-order valence-electron chi connectivity index (χ2n) is 15.5. The Balaban J connectivity index is 1.15. The van der Waals surface area contributed by atoms with E-state index in [2.05, 4.69) is 33.2 Å². The summed E-state index contributed by atoms with van der Waals surface area (Å²) in [5, 5.41) is 14.5. The van der Waals surface area contributed by atoms with Gasteiger partial charge in [-0.05, 0) is 48.6 Å². The van der Waals surface area contributed by atoms with Crippen molar-refractivity contribution in [2.45, 2.75) is 74.7 Å². The third kappa shape index (κ3) is 11.7. The number of nitrogens with zero attached hydrogens (tertiary/aromatic N) is 3. The molecule has 3 unspecified atom stereocenters. The Morgan fingerprint density at radius 2 is 1.81 bits per heavy atom. The second-order valence-corrected chi connectivity index (χ2v) is 17.1. The zero-order valence-electron chi connectivity index (χ0n) is 36.2. The van der Waals surface area contributed by atoms with Gasteiger partial charge in [-0.2, -0.15) is 0 Å². The van der Waals surface area contributed by atoms with Crippen molar-refractivity contribution in [3.63, 3.8) is 0 Å². The molecular weight excluding hydrogens is 1030 g/mol.